The summed E-state index contributed by atoms with van der Waals surface area (Å²) in [4.78, 5) is 3.94. The van der Waals surface area contributed by atoms with Gasteiger partial charge in [0.25, 0.3) is 0 Å². The molecule has 1 N–H and O–H groups in total. The van der Waals surface area contributed by atoms with Crippen LogP contribution in [0.5, 0.6) is 0 Å². The number of pyridine rings is 1. The molecular weight excluding hydrogens is 206 g/mol. The Bertz CT molecular complexity index is 627. The number of nitrogens with zero attached hydrogens (tertiary/aromatic N) is 3. The second-order valence-corrected chi connectivity index (χ2v) is 3.37. The molecule has 3 rings (SSSR count). The topological polar surface area (TPSA) is 63.6 Å². The minimum Gasteiger partial charge on any atom is -0.443 e. The molecule has 16 heavy (non-hydrogen) atoms. The predicted molar refractivity (Wildman–Crippen MR) is 56.6 cm³/mol. The fourth-order valence-corrected chi connectivity index (χ4v) is 1.71. The van der Waals surface area contributed by atoms with Crippen LogP contribution < -0.4 is 0 Å². The highest BCUT2D eigenvalue weighted by Crippen LogP contribution is 2.26. The normalized spacial score (nSPS) is 11.1. The number of fused-ring (bicyclic) bond motifs is 1. The van der Waals surface area contributed by atoms with Gasteiger partial charge in [-0.1, -0.05) is 6.07 Å². The quantitative estimate of drug-likeness (QED) is 0.703. The minimum atomic E-state index is -0.143. The van der Waals surface area contributed by atoms with Gasteiger partial charge >= 0.3 is 0 Å². The van der Waals surface area contributed by atoms with Gasteiger partial charge in [0.15, 0.2) is 12.2 Å². The summed E-state index contributed by atoms with van der Waals surface area (Å²) in [7, 11) is 0. The molecule has 5 heteroatoms. The predicted octanol–water partition coefficient (Wildman–Crippen LogP) is 1.48. The molecule has 0 saturated carbocycles. The van der Waals surface area contributed by atoms with E-state index in [-0.39, 0.29) is 6.61 Å². The summed E-state index contributed by atoms with van der Waals surface area (Å²) < 4.78 is 7.03. The first-order valence-electron chi connectivity index (χ1n) is 4.86. The largest absolute Gasteiger partial charge is 0.443 e. The van der Waals surface area contributed by atoms with Crippen LogP contribution in [0.4, 0.5) is 0 Å². The molecule has 3 aromatic heterocycles. The minimum absolute atomic E-state index is 0.143. The van der Waals surface area contributed by atoms with Crippen LogP contribution in [0.3, 0.4) is 0 Å². The van der Waals surface area contributed by atoms with E-state index < -0.39 is 0 Å². The Morgan fingerprint density at radius 2 is 2.31 bits per heavy atom. The summed E-state index contributed by atoms with van der Waals surface area (Å²) in [6.45, 7) is -0.143. The van der Waals surface area contributed by atoms with E-state index in [1.807, 2.05) is 24.4 Å². The zero-order valence-electron chi connectivity index (χ0n) is 8.37. The molecule has 0 unspecified atom stereocenters. The lowest BCUT2D eigenvalue weighted by molar-refractivity contribution is 0.277. The molecule has 0 radical (unpaired) electrons. The summed E-state index contributed by atoms with van der Waals surface area (Å²) in [5, 5.41) is 13.3. The van der Waals surface area contributed by atoms with E-state index in [4.69, 9.17) is 9.52 Å². The molecule has 0 fully saturated rings. The molecule has 5 nitrogen and oxygen atoms in total. The lowest BCUT2D eigenvalue weighted by Crippen LogP contribution is -1.87. The maximum absolute atomic E-state index is 9.13. The third-order valence-electron chi connectivity index (χ3n) is 2.46. The van der Waals surface area contributed by atoms with E-state index in [0.29, 0.717) is 11.5 Å². The summed E-state index contributed by atoms with van der Waals surface area (Å²) in [6, 6.07) is 5.76. The molecule has 0 bridgehead atoms. The molecule has 0 atom stereocenters. The molecule has 0 aromatic carbocycles. The molecule has 3 aromatic rings. The van der Waals surface area contributed by atoms with Gasteiger partial charge in [-0.05, 0) is 12.1 Å². The summed E-state index contributed by atoms with van der Waals surface area (Å²) >= 11 is 0. The van der Waals surface area contributed by atoms with Crippen molar-refractivity contribution in [3.8, 4) is 11.3 Å². The second kappa shape index (κ2) is 3.46. The van der Waals surface area contributed by atoms with Gasteiger partial charge in [0, 0.05) is 6.20 Å². The number of hydrogen-bond acceptors (Lipinski definition) is 4. The smallest absolute Gasteiger partial charge is 0.181 e. The maximum Gasteiger partial charge on any atom is 0.181 e. The van der Waals surface area contributed by atoms with Crippen molar-refractivity contribution in [1.29, 1.82) is 0 Å². The van der Waals surface area contributed by atoms with Crippen molar-refractivity contribution in [1.82, 2.24) is 14.6 Å². The van der Waals surface area contributed by atoms with E-state index >= 15 is 0 Å². The highest BCUT2D eigenvalue weighted by Gasteiger charge is 2.14. The van der Waals surface area contributed by atoms with Gasteiger partial charge in [0.1, 0.15) is 5.69 Å². The van der Waals surface area contributed by atoms with Crippen LogP contribution in [0.1, 0.15) is 5.69 Å². The highest BCUT2D eigenvalue weighted by molar-refractivity contribution is 5.77. The number of rotatable bonds is 2. The summed E-state index contributed by atoms with van der Waals surface area (Å²) in [5.41, 5.74) is 2.29. The first-order chi connectivity index (χ1) is 7.90. The lowest BCUT2D eigenvalue weighted by atomic mass is 10.2. The first-order valence-corrected chi connectivity index (χ1v) is 4.86. The van der Waals surface area contributed by atoms with E-state index in [0.717, 1.165) is 11.1 Å². The van der Waals surface area contributed by atoms with Crippen LogP contribution >= 0.6 is 0 Å². The van der Waals surface area contributed by atoms with Gasteiger partial charge in [-0.3, -0.25) is 0 Å². The Hall–Kier alpha value is -2.14. The maximum atomic E-state index is 9.13. The lowest BCUT2D eigenvalue weighted by Gasteiger charge is -1.96. The molecule has 0 aliphatic carbocycles. The van der Waals surface area contributed by atoms with Gasteiger partial charge in [0.05, 0.1) is 23.9 Å². The van der Waals surface area contributed by atoms with Crippen LogP contribution in [0, 0.1) is 0 Å². The Labute approximate surface area is 91.0 Å². The average molecular weight is 215 g/mol. The monoisotopic (exact) mass is 215 g/mol. The van der Waals surface area contributed by atoms with Crippen molar-refractivity contribution in [3.63, 3.8) is 0 Å². The molecular formula is C11H9N3O2. The SMILES string of the molecule is OCc1ncoc1-c1cnn2ccccc12. The van der Waals surface area contributed by atoms with E-state index in [2.05, 4.69) is 10.1 Å². The third-order valence-corrected chi connectivity index (χ3v) is 2.46. The molecule has 0 aliphatic rings. The third kappa shape index (κ3) is 1.22. The van der Waals surface area contributed by atoms with Crippen LogP contribution in [0.2, 0.25) is 0 Å². The zero-order chi connectivity index (χ0) is 11.0. The molecule has 80 valence electrons. The van der Waals surface area contributed by atoms with Gasteiger partial charge in [-0.2, -0.15) is 5.10 Å². The van der Waals surface area contributed by atoms with E-state index in [1.54, 1.807) is 10.7 Å². The van der Waals surface area contributed by atoms with Crippen LogP contribution in [0.15, 0.2) is 41.4 Å². The zero-order valence-corrected chi connectivity index (χ0v) is 8.37. The standard InChI is InChI=1S/C11H9N3O2/c15-6-9-11(16-7-12-9)8-5-13-14-4-2-1-3-10(8)14/h1-5,7,15H,6H2. The first kappa shape index (κ1) is 9.11. The number of aliphatic hydroxyl groups is 1. The highest BCUT2D eigenvalue weighted by atomic mass is 16.3. The Kier molecular flexibility index (Phi) is 1.97. The fourth-order valence-electron chi connectivity index (χ4n) is 1.71. The van der Waals surface area contributed by atoms with Crippen LogP contribution in [-0.2, 0) is 6.61 Å². The van der Waals surface area contributed by atoms with Gasteiger partial charge < -0.3 is 9.52 Å². The Morgan fingerprint density at radius 3 is 3.19 bits per heavy atom. The fraction of sp³-hybridized carbons (Fsp3) is 0.0909. The van der Waals surface area contributed by atoms with Gasteiger partial charge in [0.2, 0.25) is 0 Å². The number of aromatic nitrogens is 3. The Morgan fingerprint density at radius 1 is 1.38 bits per heavy atom. The van der Waals surface area contributed by atoms with Crippen molar-refractivity contribution in [2.24, 2.45) is 0 Å². The molecule has 3 heterocycles. The van der Waals surface area contributed by atoms with Gasteiger partial charge in [-0.15, -0.1) is 0 Å². The second-order valence-electron chi connectivity index (χ2n) is 3.37. The van der Waals surface area contributed by atoms with E-state index in [1.165, 1.54) is 6.39 Å². The number of oxazole rings is 1. The van der Waals surface area contributed by atoms with Crippen molar-refractivity contribution in [2.45, 2.75) is 6.61 Å². The molecule has 0 saturated heterocycles. The van der Waals surface area contributed by atoms with Crippen molar-refractivity contribution < 1.29 is 9.52 Å². The average Bonchev–Trinajstić information content (AvgIpc) is 2.94. The van der Waals surface area contributed by atoms with Crippen molar-refractivity contribution >= 4 is 5.52 Å². The summed E-state index contributed by atoms with van der Waals surface area (Å²) in [6.07, 6.45) is 4.89. The van der Waals surface area contributed by atoms with Gasteiger partial charge in [-0.25, -0.2) is 9.50 Å². The molecule has 0 aliphatic heterocycles. The molecule has 0 amide bonds. The van der Waals surface area contributed by atoms with Crippen LogP contribution in [0.25, 0.3) is 16.8 Å². The van der Waals surface area contributed by atoms with E-state index in [9.17, 15) is 0 Å². The molecule has 0 spiro atoms. The van der Waals surface area contributed by atoms with Crippen LogP contribution in [-0.4, -0.2) is 19.7 Å². The number of hydrogen-bond donors (Lipinski definition) is 1. The summed E-state index contributed by atoms with van der Waals surface area (Å²) in [5.74, 6) is 0.573. The van der Waals surface area contributed by atoms with Crippen molar-refractivity contribution in [3.05, 3.63) is 42.7 Å². The number of aliphatic hydroxyl groups excluding tert-OH is 1. The Balaban J connectivity index is 2.26. The van der Waals surface area contributed by atoms with Crippen molar-refractivity contribution in [2.75, 3.05) is 0 Å².